The third kappa shape index (κ3) is 2.83. The fourth-order valence-corrected chi connectivity index (χ4v) is 2.82. The Morgan fingerprint density at radius 1 is 1.45 bits per heavy atom. The van der Waals surface area contributed by atoms with Crippen LogP contribution in [0.25, 0.3) is 0 Å². The summed E-state index contributed by atoms with van der Waals surface area (Å²) in [5.74, 6) is -1.02. The Hall–Kier alpha value is -2.71. The zero-order valence-electron chi connectivity index (χ0n) is 11.8. The number of aromatic nitrogens is 5. The highest BCUT2D eigenvalue weighted by Gasteiger charge is 2.28. The van der Waals surface area contributed by atoms with E-state index in [4.69, 9.17) is 5.11 Å². The highest BCUT2D eigenvalue weighted by Crippen LogP contribution is 2.27. The normalized spacial score (nSPS) is 18.4. The SMILES string of the molecule is O=C(O)Cn1nccc1C1CCCN(C(=O)c2cn[nH]n2)C1. The number of likely N-dealkylation sites (tertiary alicyclic amines) is 1. The molecule has 1 atom stereocenters. The van der Waals surface area contributed by atoms with E-state index in [9.17, 15) is 9.59 Å². The van der Waals surface area contributed by atoms with Gasteiger partial charge < -0.3 is 10.0 Å². The maximum absolute atomic E-state index is 12.3. The second-order valence-electron chi connectivity index (χ2n) is 5.25. The van der Waals surface area contributed by atoms with Gasteiger partial charge >= 0.3 is 5.97 Å². The fourth-order valence-electron chi connectivity index (χ4n) is 2.82. The minimum absolute atomic E-state index is 0.0754. The van der Waals surface area contributed by atoms with Crippen LogP contribution < -0.4 is 0 Å². The number of aliphatic carboxylic acids is 1. The predicted octanol–water partition coefficient (Wildman–Crippen LogP) is 0.106. The lowest BCUT2D eigenvalue weighted by Crippen LogP contribution is -2.40. The van der Waals surface area contributed by atoms with Gasteiger partial charge in [0.25, 0.3) is 5.91 Å². The van der Waals surface area contributed by atoms with Gasteiger partial charge in [0.15, 0.2) is 5.69 Å². The van der Waals surface area contributed by atoms with Crippen LogP contribution in [0.1, 0.15) is 34.9 Å². The number of carboxylic acids is 1. The number of aromatic amines is 1. The molecule has 1 amide bonds. The first-order valence-electron chi connectivity index (χ1n) is 7.03. The van der Waals surface area contributed by atoms with Crippen LogP contribution in [0.15, 0.2) is 18.5 Å². The van der Waals surface area contributed by atoms with E-state index in [-0.39, 0.29) is 18.4 Å². The van der Waals surface area contributed by atoms with E-state index < -0.39 is 5.97 Å². The quantitative estimate of drug-likeness (QED) is 0.827. The van der Waals surface area contributed by atoms with Crippen molar-refractivity contribution in [2.75, 3.05) is 13.1 Å². The zero-order valence-corrected chi connectivity index (χ0v) is 11.8. The summed E-state index contributed by atoms with van der Waals surface area (Å²) in [6.07, 6.45) is 4.75. The average Bonchev–Trinajstić information content (AvgIpc) is 3.17. The van der Waals surface area contributed by atoms with Crippen molar-refractivity contribution in [2.45, 2.75) is 25.3 Å². The number of rotatable bonds is 4. The van der Waals surface area contributed by atoms with Gasteiger partial charge in [-0.15, -0.1) is 0 Å². The van der Waals surface area contributed by atoms with E-state index in [0.29, 0.717) is 18.8 Å². The van der Waals surface area contributed by atoms with E-state index in [0.717, 1.165) is 18.5 Å². The maximum Gasteiger partial charge on any atom is 0.325 e. The van der Waals surface area contributed by atoms with Gasteiger partial charge in [0.1, 0.15) is 6.54 Å². The lowest BCUT2D eigenvalue weighted by atomic mass is 9.94. The number of nitrogens with zero attached hydrogens (tertiary/aromatic N) is 5. The maximum atomic E-state index is 12.3. The van der Waals surface area contributed by atoms with Crippen molar-refractivity contribution >= 4 is 11.9 Å². The van der Waals surface area contributed by atoms with Crippen molar-refractivity contribution in [3.63, 3.8) is 0 Å². The molecule has 0 aliphatic carbocycles. The molecule has 0 bridgehead atoms. The van der Waals surface area contributed by atoms with Crippen LogP contribution in [0.4, 0.5) is 0 Å². The molecular formula is C13H16N6O3. The summed E-state index contributed by atoms with van der Waals surface area (Å²) in [6, 6.07) is 1.82. The predicted molar refractivity (Wildman–Crippen MR) is 74.1 cm³/mol. The summed E-state index contributed by atoms with van der Waals surface area (Å²) in [4.78, 5) is 24.9. The number of carbonyl (C=O) groups excluding carboxylic acids is 1. The molecule has 22 heavy (non-hydrogen) atoms. The minimum Gasteiger partial charge on any atom is -0.480 e. The Morgan fingerprint density at radius 2 is 2.32 bits per heavy atom. The smallest absolute Gasteiger partial charge is 0.325 e. The third-order valence-electron chi connectivity index (χ3n) is 3.80. The summed E-state index contributed by atoms with van der Waals surface area (Å²) >= 11 is 0. The molecule has 2 aromatic rings. The van der Waals surface area contributed by atoms with E-state index in [1.165, 1.54) is 10.9 Å². The first-order valence-corrected chi connectivity index (χ1v) is 7.03. The monoisotopic (exact) mass is 304 g/mol. The number of carboxylic acid groups (broad SMARTS) is 1. The van der Waals surface area contributed by atoms with E-state index in [2.05, 4.69) is 20.5 Å². The molecule has 1 unspecified atom stereocenters. The molecule has 3 rings (SSSR count). The Kier molecular flexibility index (Phi) is 3.86. The summed E-state index contributed by atoms with van der Waals surface area (Å²) in [6.45, 7) is 1.02. The van der Waals surface area contributed by atoms with Crippen molar-refractivity contribution in [1.82, 2.24) is 30.1 Å². The Bertz CT molecular complexity index is 665. The van der Waals surface area contributed by atoms with Gasteiger partial charge in [0.2, 0.25) is 0 Å². The first kappa shape index (κ1) is 14.2. The van der Waals surface area contributed by atoms with Crippen molar-refractivity contribution in [3.05, 3.63) is 29.8 Å². The molecule has 2 aromatic heterocycles. The van der Waals surface area contributed by atoms with Gasteiger partial charge in [-0.1, -0.05) is 0 Å². The van der Waals surface area contributed by atoms with Crippen LogP contribution in [-0.2, 0) is 11.3 Å². The van der Waals surface area contributed by atoms with Crippen LogP contribution in [0.2, 0.25) is 0 Å². The molecule has 9 nitrogen and oxygen atoms in total. The van der Waals surface area contributed by atoms with Gasteiger partial charge in [0.05, 0.1) is 6.20 Å². The van der Waals surface area contributed by atoms with Crippen LogP contribution in [0.3, 0.4) is 0 Å². The highest BCUT2D eigenvalue weighted by atomic mass is 16.4. The van der Waals surface area contributed by atoms with Crippen LogP contribution in [0.5, 0.6) is 0 Å². The van der Waals surface area contributed by atoms with Crippen molar-refractivity contribution < 1.29 is 14.7 Å². The molecule has 1 aliphatic rings. The van der Waals surface area contributed by atoms with Crippen molar-refractivity contribution in [2.24, 2.45) is 0 Å². The largest absolute Gasteiger partial charge is 0.480 e. The second-order valence-corrected chi connectivity index (χ2v) is 5.25. The van der Waals surface area contributed by atoms with E-state index in [1.54, 1.807) is 11.1 Å². The molecule has 116 valence electrons. The van der Waals surface area contributed by atoms with E-state index >= 15 is 0 Å². The minimum atomic E-state index is -0.934. The van der Waals surface area contributed by atoms with Gasteiger partial charge in [-0.2, -0.15) is 20.5 Å². The van der Waals surface area contributed by atoms with Gasteiger partial charge in [-0.25, -0.2) is 0 Å². The number of hydrogen-bond donors (Lipinski definition) is 2. The second kappa shape index (κ2) is 5.96. The Labute approximate surface area is 125 Å². The molecule has 0 saturated carbocycles. The van der Waals surface area contributed by atoms with Crippen molar-refractivity contribution in [1.29, 1.82) is 0 Å². The summed E-state index contributed by atoms with van der Waals surface area (Å²) in [5.41, 5.74) is 1.14. The summed E-state index contributed by atoms with van der Waals surface area (Å²) in [7, 11) is 0. The summed E-state index contributed by atoms with van der Waals surface area (Å²) in [5, 5.41) is 22.9. The lowest BCUT2D eigenvalue weighted by Gasteiger charge is -2.32. The third-order valence-corrected chi connectivity index (χ3v) is 3.80. The Balaban J connectivity index is 1.75. The van der Waals surface area contributed by atoms with Gasteiger partial charge in [0, 0.05) is 30.9 Å². The average molecular weight is 304 g/mol. The van der Waals surface area contributed by atoms with Crippen LogP contribution in [0, 0.1) is 0 Å². The molecule has 1 saturated heterocycles. The zero-order chi connectivity index (χ0) is 15.5. The highest BCUT2D eigenvalue weighted by molar-refractivity contribution is 5.92. The number of piperidine rings is 1. The number of nitrogens with one attached hydrogen (secondary N) is 1. The lowest BCUT2D eigenvalue weighted by molar-refractivity contribution is -0.137. The van der Waals surface area contributed by atoms with Crippen LogP contribution in [-0.4, -0.2) is 60.2 Å². The molecule has 1 fully saturated rings. The van der Waals surface area contributed by atoms with Crippen molar-refractivity contribution in [3.8, 4) is 0 Å². The number of hydrogen-bond acceptors (Lipinski definition) is 5. The number of carbonyl (C=O) groups is 2. The van der Waals surface area contributed by atoms with Crippen LogP contribution >= 0.6 is 0 Å². The number of amides is 1. The number of H-pyrrole nitrogens is 1. The molecular weight excluding hydrogens is 288 g/mol. The molecule has 0 radical (unpaired) electrons. The molecule has 2 N–H and O–H groups in total. The van der Waals surface area contributed by atoms with Gasteiger partial charge in [-0.05, 0) is 18.9 Å². The first-order chi connectivity index (χ1) is 10.6. The standard InChI is InChI=1S/C13H16N6O3/c20-12(21)8-19-11(3-4-15-19)9-2-1-5-18(7-9)13(22)10-6-14-17-16-10/h3-4,6,9H,1-2,5,7-8H2,(H,20,21)(H,14,16,17). The van der Waals surface area contributed by atoms with Gasteiger partial charge in [-0.3, -0.25) is 14.3 Å². The summed E-state index contributed by atoms with van der Waals surface area (Å²) < 4.78 is 1.48. The molecule has 0 spiro atoms. The van der Waals surface area contributed by atoms with E-state index in [1.807, 2.05) is 6.07 Å². The molecule has 1 aliphatic heterocycles. The molecule has 0 aromatic carbocycles. The topological polar surface area (TPSA) is 117 Å². The molecule has 3 heterocycles. The Morgan fingerprint density at radius 3 is 3.05 bits per heavy atom. The fraction of sp³-hybridized carbons (Fsp3) is 0.462. The molecule has 9 heteroatoms.